The van der Waals surface area contributed by atoms with E-state index in [0.717, 1.165) is 30.7 Å². The lowest BCUT2D eigenvalue weighted by Gasteiger charge is -2.22. The molecule has 1 aliphatic carbocycles. The highest BCUT2D eigenvalue weighted by Crippen LogP contribution is 2.28. The Balaban J connectivity index is 2.03. The smallest absolute Gasteiger partial charge is 0.260 e. The van der Waals surface area contributed by atoms with Gasteiger partial charge in [-0.15, -0.1) is 0 Å². The molecule has 4 nitrogen and oxygen atoms in total. The number of hydrogen-bond donors (Lipinski definition) is 1. The molecule has 0 heterocycles. The third-order valence-corrected chi connectivity index (χ3v) is 4.06. The van der Waals surface area contributed by atoms with Gasteiger partial charge in [-0.2, -0.15) is 0 Å². The molecule has 0 aliphatic heterocycles. The number of nitrogens with one attached hydrogen (secondary N) is 1. The number of ether oxygens (including phenoxy) is 1. The molecule has 1 N–H and O–H groups in total. The summed E-state index contributed by atoms with van der Waals surface area (Å²) >= 11 is 0. The van der Waals surface area contributed by atoms with Gasteiger partial charge < -0.3 is 15.0 Å². The van der Waals surface area contributed by atoms with Crippen molar-refractivity contribution in [3.05, 3.63) is 29.3 Å². The van der Waals surface area contributed by atoms with Crippen molar-refractivity contribution in [2.45, 2.75) is 45.7 Å². The van der Waals surface area contributed by atoms with Crippen LogP contribution >= 0.6 is 0 Å². The summed E-state index contributed by atoms with van der Waals surface area (Å²) in [7, 11) is 1.92. The topological polar surface area (TPSA) is 41.6 Å². The van der Waals surface area contributed by atoms with Crippen LogP contribution in [0.4, 0.5) is 0 Å². The van der Waals surface area contributed by atoms with Gasteiger partial charge >= 0.3 is 0 Å². The first-order valence-electron chi connectivity index (χ1n) is 7.76. The van der Waals surface area contributed by atoms with Crippen LogP contribution in [0.3, 0.4) is 0 Å². The Kier molecular flexibility index (Phi) is 5.23. The monoisotopic (exact) mass is 290 g/mol. The summed E-state index contributed by atoms with van der Waals surface area (Å²) in [6.45, 7) is 7.06. The predicted octanol–water partition coefficient (Wildman–Crippen LogP) is 2.67. The van der Waals surface area contributed by atoms with Gasteiger partial charge in [-0.1, -0.05) is 17.7 Å². The first-order valence-corrected chi connectivity index (χ1v) is 7.76. The minimum Gasteiger partial charge on any atom is -0.483 e. The van der Waals surface area contributed by atoms with Gasteiger partial charge in [0.1, 0.15) is 5.75 Å². The molecule has 21 heavy (non-hydrogen) atoms. The maximum absolute atomic E-state index is 12.2. The average molecular weight is 290 g/mol. The molecular formula is C17H26N2O2. The number of likely N-dealkylation sites (N-methyl/N-ethyl adjacent to an activating group) is 1. The third kappa shape index (κ3) is 3.97. The normalized spacial score (nSPS) is 15.6. The Morgan fingerprint density at radius 1 is 1.48 bits per heavy atom. The van der Waals surface area contributed by atoms with Crippen LogP contribution in [0.15, 0.2) is 18.2 Å². The lowest BCUT2D eigenvalue weighted by molar-refractivity contribution is -0.133. The summed E-state index contributed by atoms with van der Waals surface area (Å²) in [5.41, 5.74) is 2.29. The van der Waals surface area contributed by atoms with E-state index in [1.54, 1.807) is 0 Å². The first-order chi connectivity index (χ1) is 10.1. The lowest BCUT2D eigenvalue weighted by atomic mass is 10.0. The number of amides is 1. The summed E-state index contributed by atoms with van der Waals surface area (Å²) in [5.74, 6) is 0.881. The molecule has 0 bridgehead atoms. The van der Waals surface area contributed by atoms with Gasteiger partial charge in [-0.05, 0) is 46.7 Å². The summed E-state index contributed by atoms with van der Waals surface area (Å²) in [6.07, 6.45) is 2.26. The van der Waals surface area contributed by atoms with Crippen LogP contribution in [0.1, 0.15) is 43.9 Å². The maximum Gasteiger partial charge on any atom is 0.260 e. The Morgan fingerprint density at radius 2 is 2.19 bits per heavy atom. The van der Waals surface area contributed by atoms with Crippen molar-refractivity contribution in [1.82, 2.24) is 10.2 Å². The van der Waals surface area contributed by atoms with E-state index in [1.165, 1.54) is 5.56 Å². The molecule has 1 aromatic carbocycles. The largest absolute Gasteiger partial charge is 0.483 e. The van der Waals surface area contributed by atoms with Crippen molar-refractivity contribution in [3.8, 4) is 5.75 Å². The van der Waals surface area contributed by atoms with Crippen LogP contribution in [0, 0.1) is 6.92 Å². The molecule has 0 saturated heterocycles. The fourth-order valence-corrected chi connectivity index (χ4v) is 2.54. The zero-order valence-electron chi connectivity index (χ0n) is 13.5. The number of nitrogens with zero attached hydrogens (tertiary/aromatic N) is 1. The molecule has 1 atom stereocenters. The summed E-state index contributed by atoms with van der Waals surface area (Å²) in [4.78, 5) is 14.2. The minimum atomic E-state index is 0.0867. The van der Waals surface area contributed by atoms with Gasteiger partial charge in [0, 0.05) is 24.2 Å². The molecule has 1 aliphatic rings. The zero-order valence-corrected chi connectivity index (χ0v) is 13.5. The molecule has 1 amide bonds. The quantitative estimate of drug-likeness (QED) is 0.839. The van der Waals surface area contributed by atoms with Crippen molar-refractivity contribution >= 4 is 5.91 Å². The number of hydrogen-bond acceptors (Lipinski definition) is 3. The predicted molar refractivity (Wildman–Crippen MR) is 84.6 cm³/mol. The van der Waals surface area contributed by atoms with Crippen LogP contribution in [-0.4, -0.2) is 37.0 Å². The SMILES string of the molecule is CCN(C(=O)COc1ccc(C)cc1C(C)NC)C1CC1. The number of carbonyl (C=O) groups excluding carboxylic acids is 1. The summed E-state index contributed by atoms with van der Waals surface area (Å²) in [6, 6.07) is 6.73. The van der Waals surface area contributed by atoms with E-state index in [4.69, 9.17) is 4.74 Å². The van der Waals surface area contributed by atoms with Gasteiger partial charge in [0.2, 0.25) is 0 Å². The van der Waals surface area contributed by atoms with Crippen LogP contribution in [0.25, 0.3) is 0 Å². The van der Waals surface area contributed by atoms with Gasteiger partial charge in [0.15, 0.2) is 6.61 Å². The molecular weight excluding hydrogens is 264 g/mol. The number of benzene rings is 1. The molecule has 0 aromatic heterocycles. The van der Waals surface area contributed by atoms with Crippen molar-refractivity contribution in [2.75, 3.05) is 20.2 Å². The van der Waals surface area contributed by atoms with E-state index in [9.17, 15) is 4.79 Å². The molecule has 1 unspecified atom stereocenters. The molecule has 1 fully saturated rings. The van der Waals surface area contributed by atoms with Gasteiger partial charge in [-0.25, -0.2) is 0 Å². The second kappa shape index (κ2) is 6.94. The third-order valence-electron chi connectivity index (χ3n) is 4.06. The maximum atomic E-state index is 12.2. The van der Waals surface area contributed by atoms with Crippen molar-refractivity contribution in [3.63, 3.8) is 0 Å². The van der Waals surface area contributed by atoms with Crippen LogP contribution < -0.4 is 10.1 Å². The van der Waals surface area contributed by atoms with E-state index in [-0.39, 0.29) is 18.6 Å². The fourth-order valence-electron chi connectivity index (χ4n) is 2.54. The highest BCUT2D eigenvalue weighted by molar-refractivity contribution is 5.78. The molecule has 4 heteroatoms. The highest BCUT2D eigenvalue weighted by atomic mass is 16.5. The number of rotatable bonds is 7. The molecule has 116 valence electrons. The average Bonchev–Trinajstić information content (AvgIpc) is 3.30. The van der Waals surface area contributed by atoms with Crippen molar-refractivity contribution in [1.29, 1.82) is 0 Å². The summed E-state index contributed by atoms with van der Waals surface area (Å²) in [5, 5.41) is 3.22. The highest BCUT2D eigenvalue weighted by Gasteiger charge is 2.31. The number of carbonyl (C=O) groups is 1. The van der Waals surface area contributed by atoms with Crippen molar-refractivity contribution in [2.24, 2.45) is 0 Å². The lowest BCUT2D eigenvalue weighted by Crippen LogP contribution is -2.36. The zero-order chi connectivity index (χ0) is 15.4. The van der Waals surface area contributed by atoms with Crippen LogP contribution in [0.5, 0.6) is 5.75 Å². The minimum absolute atomic E-state index is 0.0867. The van der Waals surface area contributed by atoms with E-state index < -0.39 is 0 Å². The van der Waals surface area contributed by atoms with E-state index in [0.29, 0.717) is 6.04 Å². The summed E-state index contributed by atoms with van der Waals surface area (Å²) < 4.78 is 5.81. The van der Waals surface area contributed by atoms with Gasteiger partial charge in [0.25, 0.3) is 5.91 Å². The second-order valence-corrected chi connectivity index (χ2v) is 5.75. The molecule has 1 aromatic rings. The second-order valence-electron chi connectivity index (χ2n) is 5.75. The van der Waals surface area contributed by atoms with E-state index in [2.05, 4.69) is 25.2 Å². The number of aryl methyl sites for hydroxylation is 1. The fraction of sp³-hybridized carbons (Fsp3) is 0.588. The van der Waals surface area contributed by atoms with Gasteiger partial charge in [-0.3, -0.25) is 4.79 Å². The van der Waals surface area contributed by atoms with Crippen LogP contribution in [0.2, 0.25) is 0 Å². The molecule has 1 saturated carbocycles. The van der Waals surface area contributed by atoms with E-state index >= 15 is 0 Å². The Bertz CT molecular complexity index is 498. The Morgan fingerprint density at radius 3 is 2.76 bits per heavy atom. The Hall–Kier alpha value is -1.55. The molecule has 0 spiro atoms. The van der Waals surface area contributed by atoms with Crippen molar-refractivity contribution < 1.29 is 9.53 Å². The van der Waals surface area contributed by atoms with E-state index in [1.807, 2.05) is 31.0 Å². The Labute approximate surface area is 127 Å². The van der Waals surface area contributed by atoms with Gasteiger partial charge in [0.05, 0.1) is 0 Å². The first kappa shape index (κ1) is 15.8. The molecule has 2 rings (SSSR count). The van der Waals surface area contributed by atoms with Crippen LogP contribution in [-0.2, 0) is 4.79 Å². The molecule has 0 radical (unpaired) electrons. The standard InChI is InChI=1S/C17H26N2O2/c1-5-19(14-7-8-14)17(20)11-21-16-9-6-12(2)10-15(16)13(3)18-4/h6,9-10,13-14,18H,5,7-8,11H2,1-4H3.